The van der Waals surface area contributed by atoms with Crippen molar-refractivity contribution in [2.75, 3.05) is 0 Å². The lowest BCUT2D eigenvalue weighted by Gasteiger charge is -1.93. The second kappa shape index (κ2) is 4.29. The molecule has 0 saturated carbocycles. The first-order valence-corrected chi connectivity index (χ1v) is 2.73. The molecule has 1 rings (SSSR count). The quantitative estimate of drug-likeness (QED) is 0.444. The minimum absolute atomic E-state index is 0. The molecular weight excluding hydrogens is 148 g/mol. The molecule has 4 heteroatoms. The Morgan fingerprint density at radius 3 is 2.18 bits per heavy atom. The highest BCUT2D eigenvalue weighted by molar-refractivity contribution is 5.60. The van der Waals surface area contributed by atoms with Crippen LogP contribution in [0.15, 0.2) is 30.3 Å². The molecule has 1 aromatic rings. The molecule has 0 aliphatic carbocycles. The number of ether oxygens (including phenoxy) is 1. The van der Waals surface area contributed by atoms with E-state index >= 15 is 0 Å². The lowest BCUT2D eigenvalue weighted by molar-refractivity contribution is 0.117. The highest BCUT2D eigenvalue weighted by Gasteiger charge is 1.99. The van der Waals surface area contributed by atoms with Gasteiger partial charge in [-0.2, -0.15) is 9.90 Å². The van der Waals surface area contributed by atoms with E-state index in [1.807, 2.05) is 0 Å². The molecule has 0 atom stereocenters. The Hall–Kier alpha value is -1.55. The van der Waals surface area contributed by atoms with Gasteiger partial charge in [-0.15, -0.1) is 0 Å². The standard InChI is InChI=1S/C7H5O3.H2O/c8-7(9)10-6-4-2-1-3-5-6;/h1-5H;1H2. The minimum Gasteiger partial charge on any atom is -0.412 e. The van der Waals surface area contributed by atoms with Crippen LogP contribution in [0.2, 0.25) is 0 Å². The maximum atomic E-state index is 9.84. The van der Waals surface area contributed by atoms with Gasteiger partial charge in [-0.25, -0.2) is 0 Å². The monoisotopic (exact) mass is 155 g/mol. The number of rotatable bonds is 1. The maximum Gasteiger partial charge on any atom is 0.555 e. The zero-order chi connectivity index (χ0) is 7.40. The molecule has 0 saturated heterocycles. The first-order chi connectivity index (χ1) is 4.79. The van der Waals surface area contributed by atoms with Crippen molar-refractivity contribution in [3.63, 3.8) is 0 Å². The highest BCUT2D eigenvalue weighted by atomic mass is 16.7. The van der Waals surface area contributed by atoms with Crippen LogP contribution >= 0.6 is 0 Å². The van der Waals surface area contributed by atoms with Crippen molar-refractivity contribution in [3.05, 3.63) is 30.3 Å². The predicted octanol–water partition coefficient (Wildman–Crippen LogP) is 0.791. The second-order valence-corrected chi connectivity index (χ2v) is 1.67. The van der Waals surface area contributed by atoms with Gasteiger partial charge in [0.1, 0.15) is 5.75 Å². The van der Waals surface area contributed by atoms with E-state index in [9.17, 15) is 9.90 Å². The predicted molar refractivity (Wildman–Crippen MR) is 36.8 cm³/mol. The van der Waals surface area contributed by atoms with E-state index < -0.39 is 6.16 Å². The fourth-order valence-corrected chi connectivity index (χ4v) is 0.585. The summed E-state index contributed by atoms with van der Waals surface area (Å²) in [6.07, 6.45) is -1.54. The van der Waals surface area contributed by atoms with Gasteiger partial charge in [-0.3, -0.25) is 0 Å². The van der Waals surface area contributed by atoms with Crippen LogP contribution in [0.3, 0.4) is 0 Å². The molecule has 0 aliphatic heterocycles. The van der Waals surface area contributed by atoms with E-state index in [0.29, 0.717) is 0 Å². The molecule has 4 nitrogen and oxygen atoms in total. The molecule has 1 aromatic carbocycles. The van der Waals surface area contributed by atoms with Gasteiger partial charge in [0.05, 0.1) is 0 Å². The summed E-state index contributed by atoms with van der Waals surface area (Å²) in [6, 6.07) is 8.20. The van der Waals surface area contributed by atoms with Crippen LogP contribution in [0, 0.1) is 0 Å². The molecule has 0 heterocycles. The number of benzene rings is 1. The van der Waals surface area contributed by atoms with Gasteiger partial charge in [-0.1, -0.05) is 18.2 Å². The Bertz CT molecular complexity index is 219. The fraction of sp³-hybridized carbons (Fsp3) is 0. The summed E-state index contributed by atoms with van der Waals surface area (Å²) in [5, 5.41) is 9.84. The summed E-state index contributed by atoms with van der Waals surface area (Å²) in [4.78, 5) is 9.84. The van der Waals surface area contributed by atoms with E-state index in [4.69, 9.17) is 0 Å². The van der Waals surface area contributed by atoms with Gasteiger partial charge in [0.2, 0.25) is 0 Å². The minimum atomic E-state index is -1.54. The summed E-state index contributed by atoms with van der Waals surface area (Å²) < 4.78 is 4.22. The summed E-state index contributed by atoms with van der Waals surface area (Å²) >= 11 is 0. The Balaban J connectivity index is 0.000001000. The van der Waals surface area contributed by atoms with Gasteiger partial charge in [0.15, 0.2) is 0 Å². The number of carbonyl (C=O) groups is 1. The molecule has 2 N–H and O–H groups in total. The number of hydrogen-bond acceptors (Lipinski definition) is 2. The number of carbonyl (C=O) groups excluding carboxylic acids is 1. The SMILES string of the molecule is O.[O]C(=O)Oc1ccccc1. The number of para-hydroxylation sites is 1. The van der Waals surface area contributed by atoms with Crippen LogP contribution in [-0.2, 0) is 5.11 Å². The van der Waals surface area contributed by atoms with Crippen LogP contribution in [0.25, 0.3) is 0 Å². The maximum absolute atomic E-state index is 9.84. The zero-order valence-electron chi connectivity index (χ0n) is 5.61. The van der Waals surface area contributed by atoms with Crippen molar-refractivity contribution >= 4 is 6.16 Å². The third-order valence-corrected chi connectivity index (χ3v) is 0.944. The zero-order valence-corrected chi connectivity index (χ0v) is 5.61. The first kappa shape index (κ1) is 9.45. The third kappa shape index (κ3) is 3.22. The molecule has 0 amide bonds. The van der Waals surface area contributed by atoms with Crippen molar-refractivity contribution < 1.29 is 20.1 Å². The second-order valence-electron chi connectivity index (χ2n) is 1.67. The Morgan fingerprint density at radius 2 is 1.73 bits per heavy atom. The molecular formula is C7H7O4. The van der Waals surface area contributed by atoms with E-state index in [-0.39, 0.29) is 11.2 Å². The lowest BCUT2D eigenvalue weighted by atomic mass is 10.3. The molecule has 0 aliphatic rings. The van der Waals surface area contributed by atoms with Crippen LogP contribution < -0.4 is 4.74 Å². The molecule has 0 bridgehead atoms. The van der Waals surface area contributed by atoms with Gasteiger partial charge in [-0.05, 0) is 12.1 Å². The Labute approximate surface area is 63.3 Å². The van der Waals surface area contributed by atoms with Crippen molar-refractivity contribution in [1.82, 2.24) is 0 Å². The van der Waals surface area contributed by atoms with E-state index in [1.165, 1.54) is 12.1 Å². The van der Waals surface area contributed by atoms with Gasteiger partial charge >= 0.3 is 6.16 Å². The third-order valence-electron chi connectivity index (χ3n) is 0.944. The molecule has 0 spiro atoms. The van der Waals surface area contributed by atoms with Crippen molar-refractivity contribution in [1.29, 1.82) is 0 Å². The topological polar surface area (TPSA) is 77.7 Å². The van der Waals surface area contributed by atoms with Crippen molar-refractivity contribution in [2.24, 2.45) is 0 Å². The molecule has 0 unspecified atom stereocenters. The first-order valence-electron chi connectivity index (χ1n) is 2.73. The van der Waals surface area contributed by atoms with E-state index in [2.05, 4.69) is 4.74 Å². The average Bonchev–Trinajstić information content (AvgIpc) is 1.88. The normalized spacial score (nSPS) is 8.00. The van der Waals surface area contributed by atoms with Gasteiger partial charge in [0, 0.05) is 0 Å². The molecule has 59 valence electrons. The Kier molecular flexibility index (Phi) is 3.69. The lowest BCUT2D eigenvalue weighted by Crippen LogP contribution is -2.00. The fourth-order valence-electron chi connectivity index (χ4n) is 0.585. The molecule has 0 aromatic heterocycles. The summed E-state index contributed by atoms with van der Waals surface area (Å²) in [5.41, 5.74) is 0. The molecule has 0 fully saturated rings. The summed E-state index contributed by atoms with van der Waals surface area (Å²) in [7, 11) is 0. The smallest absolute Gasteiger partial charge is 0.412 e. The van der Waals surface area contributed by atoms with Gasteiger partial charge in [0.25, 0.3) is 0 Å². The Morgan fingerprint density at radius 1 is 1.18 bits per heavy atom. The van der Waals surface area contributed by atoms with Crippen LogP contribution in [0.4, 0.5) is 4.79 Å². The average molecular weight is 155 g/mol. The molecule has 1 radical (unpaired) electrons. The number of hydrogen-bond donors (Lipinski definition) is 0. The summed E-state index contributed by atoms with van der Waals surface area (Å²) in [6.45, 7) is 0. The summed E-state index contributed by atoms with van der Waals surface area (Å²) in [5.74, 6) is 0.280. The van der Waals surface area contributed by atoms with Crippen LogP contribution in [-0.4, -0.2) is 11.6 Å². The van der Waals surface area contributed by atoms with E-state index in [0.717, 1.165) is 0 Å². The highest BCUT2D eigenvalue weighted by Crippen LogP contribution is 2.07. The van der Waals surface area contributed by atoms with Crippen molar-refractivity contribution in [2.45, 2.75) is 0 Å². The molecule has 11 heavy (non-hydrogen) atoms. The van der Waals surface area contributed by atoms with Crippen LogP contribution in [0.5, 0.6) is 5.75 Å². The van der Waals surface area contributed by atoms with E-state index in [1.54, 1.807) is 18.2 Å². The van der Waals surface area contributed by atoms with Crippen LogP contribution in [0.1, 0.15) is 0 Å². The van der Waals surface area contributed by atoms with Crippen molar-refractivity contribution in [3.8, 4) is 5.75 Å². The largest absolute Gasteiger partial charge is 0.555 e. The van der Waals surface area contributed by atoms with Gasteiger partial charge < -0.3 is 10.2 Å².